The summed E-state index contributed by atoms with van der Waals surface area (Å²) in [4.78, 5) is 21.0. The van der Waals surface area contributed by atoms with Crippen molar-refractivity contribution in [3.8, 4) is 0 Å². The molecule has 0 aliphatic carbocycles. The van der Waals surface area contributed by atoms with Gasteiger partial charge in [0.15, 0.2) is 0 Å². The van der Waals surface area contributed by atoms with Gasteiger partial charge in [-0.05, 0) is 38.1 Å². The van der Waals surface area contributed by atoms with E-state index in [1.807, 2.05) is 7.05 Å². The van der Waals surface area contributed by atoms with Gasteiger partial charge in [-0.25, -0.2) is 4.39 Å². The highest BCUT2D eigenvalue weighted by Gasteiger charge is 2.32. The van der Waals surface area contributed by atoms with Crippen LogP contribution in [0, 0.1) is 5.82 Å². The van der Waals surface area contributed by atoms with Gasteiger partial charge < -0.3 is 14.5 Å². The molecule has 0 aromatic carbocycles. The molecule has 0 spiro atoms. The molecule has 8 nitrogen and oxygen atoms in total. The standard InChI is InChI=1S/C20H27FN6O2/c1-25-20-15(14-29-9-8-26-6-2-3-7-26)12-27(13-18(20)23-24-25)19(28)10-17-5-4-16(21)11-22-17/h4-5,11,15H,2-3,6-10,12-14H2,1H3. The second-order valence-corrected chi connectivity index (χ2v) is 7.78. The Labute approximate surface area is 169 Å². The first kappa shape index (κ1) is 19.9. The average Bonchev–Trinajstić information content (AvgIpc) is 3.37. The van der Waals surface area contributed by atoms with Gasteiger partial charge in [0.25, 0.3) is 0 Å². The predicted molar refractivity (Wildman–Crippen MR) is 104 cm³/mol. The van der Waals surface area contributed by atoms with Crippen LogP contribution in [-0.2, 0) is 29.5 Å². The molecule has 156 valence electrons. The summed E-state index contributed by atoms with van der Waals surface area (Å²) < 4.78 is 20.8. The first-order valence-corrected chi connectivity index (χ1v) is 10.2. The number of halogens is 1. The Hall–Kier alpha value is -2.39. The van der Waals surface area contributed by atoms with E-state index in [2.05, 4.69) is 20.2 Å². The fourth-order valence-electron chi connectivity index (χ4n) is 4.14. The number of likely N-dealkylation sites (tertiary alicyclic amines) is 1. The molecule has 1 fully saturated rings. The average molecular weight is 402 g/mol. The van der Waals surface area contributed by atoms with E-state index >= 15 is 0 Å². The van der Waals surface area contributed by atoms with E-state index in [0.717, 1.165) is 37.2 Å². The van der Waals surface area contributed by atoms with Crippen molar-refractivity contribution in [1.29, 1.82) is 0 Å². The number of carbonyl (C=O) groups is 1. The molecule has 1 amide bonds. The Morgan fingerprint density at radius 3 is 2.90 bits per heavy atom. The lowest BCUT2D eigenvalue weighted by Gasteiger charge is -2.32. The number of pyridine rings is 1. The zero-order valence-electron chi connectivity index (χ0n) is 16.8. The summed E-state index contributed by atoms with van der Waals surface area (Å²) in [6.45, 7) is 5.45. The van der Waals surface area contributed by atoms with Crippen LogP contribution >= 0.6 is 0 Å². The molecule has 0 bridgehead atoms. The van der Waals surface area contributed by atoms with E-state index < -0.39 is 5.82 Å². The lowest BCUT2D eigenvalue weighted by Crippen LogP contribution is -2.41. The third kappa shape index (κ3) is 4.79. The van der Waals surface area contributed by atoms with Crippen molar-refractivity contribution in [2.45, 2.75) is 31.7 Å². The number of hydrogen-bond donors (Lipinski definition) is 0. The van der Waals surface area contributed by atoms with Crippen molar-refractivity contribution >= 4 is 5.91 Å². The maximum absolute atomic E-state index is 13.1. The predicted octanol–water partition coefficient (Wildman–Crippen LogP) is 1.13. The van der Waals surface area contributed by atoms with Gasteiger partial charge in [-0.1, -0.05) is 5.21 Å². The van der Waals surface area contributed by atoms with Gasteiger partial charge >= 0.3 is 0 Å². The molecular formula is C20H27FN6O2. The van der Waals surface area contributed by atoms with Crippen LogP contribution in [0.4, 0.5) is 4.39 Å². The highest BCUT2D eigenvalue weighted by Crippen LogP contribution is 2.27. The monoisotopic (exact) mass is 402 g/mol. The summed E-state index contributed by atoms with van der Waals surface area (Å²) in [6.07, 6.45) is 3.81. The van der Waals surface area contributed by atoms with Crippen LogP contribution in [-0.4, -0.2) is 75.1 Å². The number of ether oxygens (including phenoxy) is 1. The Balaban J connectivity index is 1.37. The van der Waals surface area contributed by atoms with E-state index in [-0.39, 0.29) is 18.2 Å². The fourth-order valence-corrected chi connectivity index (χ4v) is 4.14. The summed E-state index contributed by atoms with van der Waals surface area (Å²) >= 11 is 0. The molecular weight excluding hydrogens is 375 g/mol. The molecule has 0 N–H and O–H groups in total. The van der Waals surface area contributed by atoms with E-state index in [1.54, 1.807) is 15.6 Å². The van der Waals surface area contributed by atoms with Crippen LogP contribution in [0.5, 0.6) is 0 Å². The van der Waals surface area contributed by atoms with Gasteiger partial charge in [0.2, 0.25) is 5.91 Å². The Bertz CT molecular complexity index is 834. The lowest BCUT2D eigenvalue weighted by molar-refractivity contribution is -0.132. The van der Waals surface area contributed by atoms with E-state index in [1.165, 1.54) is 18.9 Å². The summed E-state index contributed by atoms with van der Waals surface area (Å²) in [7, 11) is 1.88. The molecule has 1 atom stereocenters. The number of fused-ring (bicyclic) bond motifs is 1. The zero-order chi connectivity index (χ0) is 20.2. The minimum absolute atomic E-state index is 0.0301. The van der Waals surface area contributed by atoms with Crippen LogP contribution < -0.4 is 0 Å². The van der Waals surface area contributed by atoms with Gasteiger partial charge in [-0.3, -0.25) is 14.5 Å². The van der Waals surface area contributed by atoms with Crippen LogP contribution in [0.1, 0.15) is 35.8 Å². The number of carbonyl (C=O) groups excluding carboxylic acids is 1. The van der Waals surface area contributed by atoms with Gasteiger partial charge in [-0.2, -0.15) is 0 Å². The van der Waals surface area contributed by atoms with Crippen molar-refractivity contribution in [2.75, 3.05) is 39.4 Å². The molecule has 1 unspecified atom stereocenters. The first-order chi connectivity index (χ1) is 14.1. The van der Waals surface area contributed by atoms with Crippen molar-refractivity contribution in [3.05, 3.63) is 41.2 Å². The van der Waals surface area contributed by atoms with Crippen LogP contribution in [0.25, 0.3) is 0 Å². The number of hydrogen-bond acceptors (Lipinski definition) is 6. The minimum Gasteiger partial charge on any atom is -0.379 e. The number of amides is 1. The number of rotatable bonds is 7. The summed E-state index contributed by atoms with van der Waals surface area (Å²) in [5.74, 6) is -0.431. The van der Waals surface area contributed by atoms with Gasteiger partial charge in [-0.15, -0.1) is 5.10 Å². The van der Waals surface area contributed by atoms with Crippen molar-refractivity contribution in [1.82, 2.24) is 29.8 Å². The highest BCUT2D eigenvalue weighted by atomic mass is 19.1. The fraction of sp³-hybridized carbons (Fsp3) is 0.600. The third-order valence-corrected chi connectivity index (χ3v) is 5.66. The molecule has 4 rings (SSSR count). The summed E-state index contributed by atoms with van der Waals surface area (Å²) in [5.41, 5.74) is 2.40. The first-order valence-electron chi connectivity index (χ1n) is 10.2. The van der Waals surface area contributed by atoms with Crippen molar-refractivity contribution in [2.24, 2.45) is 7.05 Å². The van der Waals surface area contributed by atoms with E-state index in [0.29, 0.717) is 32.0 Å². The largest absolute Gasteiger partial charge is 0.379 e. The molecule has 2 aromatic rings. The second-order valence-electron chi connectivity index (χ2n) is 7.78. The van der Waals surface area contributed by atoms with E-state index in [9.17, 15) is 9.18 Å². The topological polar surface area (TPSA) is 76.4 Å². The molecule has 0 radical (unpaired) electrons. The molecule has 0 saturated carbocycles. The van der Waals surface area contributed by atoms with E-state index in [4.69, 9.17) is 4.74 Å². The normalized spacial score (nSPS) is 19.5. The highest BCUT2D eigenvalue weighted by molar-refractivity contribution is 5.78. The Morgan fingerprint density at radius 1 is 1.31 bits per heavy atom. The molecule has 2 aliphatic heterocycles. The smallest absolute Gasteiger partial charge is 0.228 e. The maximum atomic E-state index is 13.1. The summed E-state index contributed by atoms with van der Waals surface area (Å²) in [6, 6.07) is 2.87. The van der Waals surface area contributed by atoms with Crippen LogP contribution in [0.2, 0.25) is 0 Å². The lowest BCUT2D eigenvalue weighted by atomic mass is 9.98. The number of aryl methyl sites for hydroxylation is 1. The Morgan fingerprint density at radius 2 is 2.14 bits per heavy atom. The molecule has 4 heterocycles. The maximum Gasteiger partial charge on any atom is 0.228 e. The molecule has 1 saturated heterocycles. The van der Waals surface area contributed by atoms with Gasteiger partial charge in [0, 0.05) is 31.7 Å². The Kier molecular flexibility index (Phi) is 6.15. The quantitative estimate of drug-likeness (QED) is 0.647. The molecule has 9 heteroatoms. The number of aromatic nitrogens is 4. The molecule has 2 aliphatic rings. The van der Waals surface area contributed by atoms with Crippen molar-refractivity contribution < 1.29 is 13.9 Å². The summed E-state index contributed by atoms with van der Waals surface area (Å²) in [5, 5.41) is 8.38. The minimum atomic E-state index is -0.408. The molecule has 29 heavy (non-hydrogen) atoms. The second kappa shape index (κ2) is 8.96. The molecule has 2 aromatic heterocycles. The van der Waals surface area contributed by atoms with Crippen LogP contribution in [0.3, 0.4) is 0 Å². The van der Waals surface area contributed by atoms with Gasteiger partial charge in [0.05, 0.1) is 38.1 Å². The van der Waals surface area contributed by atoms with Crippen LogP contribution in [0.15, 0.2) is 18.3 Å². The third-order valence-electron chi connectivity index (χ3n) is 5.66. The number of nitrogens with zero attached hydrogens (tertiary/aromatic N) is 6. The van der Waals surface area contributed by atoms with Gasteiger partial charge in [0.1, 0.15) is 11.5 Å². The van der Waals surface area contributed by atoms with Crippen molar-refractivity contribution in [3.63, 3.8) is 0 Å². The SMILES string of the molecule is Cn1nnc2c1C(COCCN1CCCC1)CN(C(=O)Cc1ccc(F)cn1)C2. The zero-order valence-corrected chi connectivity index (χ0v) is 16.8.